The molecule has 1 fully saturated rings. The van der Waals surface area contributed by atoms with Gasteiger partial charge in [0.2, 0.25) is 11.8 Å². The number of methoxy groups -OCH3 is 1. The fraction of sp³-hybridized carbons (Fsp3) is 0.407. The van der Waals surface area contributed by atoms with Crippen molar-refractivity contribution in [3.8, 4) is 17.0 Å². The van der Waals surface area contributed by atoms with Gasteiger partial charge in [0.15, 0.2) is 0 Å². The molecule has 1 amide bonds. The lowest BCUT2D eigenvalue weighted by Gasteiger charge is -2.24. The fourth-order valence-electron chi connectivity index (χ4n) is 4.93. The Morgan fingerprint density at radius 2 is 1.79 bits per heavy atom. The van der Waals surface area contributed by atoms with E-state index in [4.69, 9.17) is 4.74 Å². The third-order valence-corrected chi connectivity index (χ3v) is 6.64. The molecule has 3 aromatic rings. The fourth-order valence-corrected chi connectivity index (χ4v) is 4.93. The number of carbonyl (C=O) groups excluding carboxylic acids is 1. The number of hydrogen-bond acceptors (Lipinski definition) is 4. The molecule has 174 valence electrons. The highest BCUT2D eigenvalue weighted by Gasteiger charge is 2.31. The van der Waals surface area contributed by atoms with E-state index < -0.39 is 0 Å². The van der Waals surface area contributed by atoms with Crippen LogP contribution in [0.5, 0.6) is 5.88 Å². The first-order chi connectivity index (χ1) is 16.0. The van der Waals surface area contributed by atoms with Crippen LogP contribution < -0.4 is 4.74 Å². The number of likely N-dealkylation sites (N-methyl/N-ethyl adjacent to an activating group) is 1. The van der Waals surface area contributed by atoms with Crippen LogP contribution in [0.25, 0.3) is 11.1 Å². The number of hydrogen-bond donors (Lipinski definition) is 0. The van der Waals surface area contributed by atoms with E-state index in [-0.39, 0.29) is 11.8 Å². The number of amides is 1. The summed E-state index contributed by atoms with van der Waals surface area (Å²) in [6.07, 6.45) is 0.722. The van der Waals surface area contributed by atoms with Gasteiger partial charge in [-0.3, -0.25) is 9.69 Å². The topological polar surface area (TPSA) is 50.6 Å². The zero-order valence-electron chi connectivity index (χ0n) is 20.1. The summed E-state index contributed by atoms with van der Waals surface area (Å²) < 4.78 is 7.41. The van der Waals surface area contributed by atoms with E-state index in [1.807, 2.05) is 24.9 Å². The van der Waals surface area contributed by atoms with E-state index in [0.717, 1.165) is 56.3 Å². The largest absolute Gasteiger partial charge is 0.481 e. The van der Waals surface area contributed by atoms with E-state index in [1.165, 1.54) is 16.7 Å². The van der Waals surface area contributed by atoms with Gasteiger partial charge in [-0.25, -0.2) is 4.68 Å². The molecule has 6 heteroatoms. The molecule has 0 radical (unpaired) electrons. The second kappa shape index (κ2) is 10.2. The SMILES string of the molecule is CCN1CCN(Cc2c(C)nn(C)c2OC)CC(Cc2ccccc2-c2ccccc2)C1=O. The summed E-state index contributed by atoms with van der Waals surface area (Å²) >= 11 is 0. The minimum Gasteiger partial charge on any atom is -0.481 e. The first-order valence-electron chi connectivity index (χ1n) is 11.7. The average molecular weight is 447 g/mol. The molecule has 1 aliphatic rings. The number of aryl methyl sites for hydroxylation is 2. The van der Waals surface area contributed by atoms with E-state index >= 15 is 0 Å². The Balaban J connectivity index is 1.61. The lowest BCUT2D eigenvalue weighted by Crippen LogP contribution is -2.37. The molecule has 2 aromatic carbocycles. The maximum Gasteiger partial charge on any atom is 0.227 e. The van der Waals surface area contributed by atoms with Crippen molar-refractivity contribution in [2.24, 2.45) is 13.0 Å². The number of aromatic nitrogens is 2. The van der Waals surface area contributed by atoms with Crippen LogP contribution in [0.1, 0.15) is 23.7 Å². The van der Waals surface area contributed by atoms with Crippen molar-refractivity contribution < 1.29 is 9.53 Å². The minimum absolute atomic E-state index is 0.0970. The molecule has 6 nitrogen and oxygen atoms in total. The second-order valence-corrected chi connectivity index (χ2v) is 8.77. The molecule has 33 heavy (non-hydrogen) atoms. The lowest BCUT2D eigenvalue weighted by atomic mass is 9.91. The highest BCUT2D eigenvalue weighted by atomic mass is 16.5. The number of benzene rings is 2. The van der Waals surface area contributed by atoms with Crippen molar-refractivity contribution >= 4 is 5.91 Å². The van der Waals surface area contributed by atoms with Crippen molar-refractivity contribution in [2.45, 2.75) is 26.8 Å². The molecular formula is C27H34N4O2. The molecule has 1 aromatic heterocycles. The van der Waals surface area contributed by atoms with Crippen LogP contribution in [0, 0.1) is 12.8 Å². The minimum atomic E-state index is -0.0970. The van der Waals surface area contributed by atoms with Crippen LogP contribution in [0.4, 0.5) is 0 Å². The van der Waals surface area contributed by atoms with E-state index in [1.54, 1.807) is 11.8 Å². The first kappa shape index (κ1) is 23.1. The zero-order valence-corrected chi connectivity index (χ0v) is 20.1. The van der Waals surface area contributed by atoms with Crippen molar-refractivity contribution in [1.82, 2.24) is 19.6 Å². The van der Waals surface area contributed by atoms with Crippen molar-refractivity contribution in [3.63, 3.8) is 0 Å². The summed E-state index contributed by atoms with van der Waals surface area (Å²) in [5.74, 6) is 0.944. The molecule has 1 aliphatic heterocycles. The van der Waals surface area contributed by atoms with Gasteiger partial charge in [-0.2, -0.15) is 5.10 Å². The molecule has 0 saturated carbocycles. The van der Waals surface area contributed by atoms with Gasteiger partial charge < -0.3 is 9.64 Å². The Hall–Kier alpha value is -3.12. The van der Waals surface area contributed by atoms with Gasteiger partial charge in [0.25, 0.3) is 0 Å². The van der Waals surface area contributed by atoms with Gasteiger partial charge in [-0.15, -0.1) is 0 Å². The Bertz CT molecular complexity index is 1090. The molecule has 1 saturated heterocycles. The summed E-state index contributed by atoms with van der Waals surface area (Å²) in [5.41, 5.74) is 5.68. The maximum atomic E-state index is 13.5. The molecule has 4 rings (SSSR count). The van der Waals surface area contributed by atoms with Gasteiger partial charge in [0.05, 0.1) is 24.3 Å². The standard InChI is InChI=1S/C27H34N4O2/c1-5-31-16-15-30(19-25-20(2)28-29(3)27(25)33-4)18-23(26(31)32)17-22-13-9-10-14-24(22)21-11-7-6-8-12-21/h6-14,23H,5,15-19H2,1-4H3. The smallest absolute Gasteiger partial charge is 0.227 e. The third kappa shape index (κ3) is 4.96. The Morgan fingerprint density at radius 3 is 2.52 bits per heavy atom. The maximum absolute atomic E-state index is 13.5. The number of rotatable bonds is 7. The van der Waals surface area contributed by atoms with Crippen LogP contribution in [-0.2, 0) is 24.8 Å². The molecule has 0 N–H and O–H groups in total. The summed E-state index contributed by atoms with van der Waals surface area (Å²) in [4.78, 5) is 17.9. The van der Waals surface area contributed by atoms with E-state index in [0.29, 0.717) is 0 Å². The summed E-state index contributed by atoms with van der Waals surface area (Å²) in [6.45, 7) is 7.85. The first-order valence-corrected chi connectivity index (χ1v) is 11.7. The van der Waals surface area contributed by atoms with E-state index in [2.05, 4.69) is 65.5 Å². The predicted molar refractivity (Wildman–Crippen MR) is 131 cm³/mol. The predicted octanol–water partition coefficient (Wildman–Crippen LogP) is 3.93. The normalized spacial score (nSPS) is 17.3. The Labute approximate surface area is 196 Å². The molecule has 0 aliphatic carbocycles. The molecule has 1 atom stereocenters. The van der Waals surface area contributed by atoms with Gasteiger partial charge in [-0.05, 0) is 37.0 Å². The van der Waals surface area contributed by atoms with Crippen LogP contribution in [0.2, 0.25) is 0 Å². The van der Waals surface area contributed by atoms with Gasteiger partial charge >= 0.3 is 0 Å². The van der Waals surface area contributed by atoms with Crippen LogP contribution in [-0.4, -0.2) is 58.8 Å². The molecular weight excluding hydrogens is 412 g/mol. The highest BCUT2D eigenvalue weighted by molar-refractivity contribution is 5.80. The van der Waals surface area contributed by atoms with Crippen LogP contribution >= 0.6 is 0 Å². The number of nitrogens with zero attached hydrogens (tertiary/aromatic N) is 4. The summed E-state index contributed by atoms with van der Waals surface area (Å²) in [5, 5.41) is 4.54. The molecule has 0 bridgehead atoms. The quantitative estimate of drug-likeness (QED) is 0.552. The monoisotopic (exact) mass is 446 g/mol. The van der Waals surface area contributed by atoms with Crippen molar-refractivity contribution in [2.75, 3.05) is 33.3 Å². The number of ether oxygens (including phenoxy) is 1. The third-order valence-electron chi connectivity index (χ3n) is 6.64. The summed E-state index contributed by atoms with van der Waals surface area (Å²) in [7, 11) is 3.59. The molecule has 2 heterocycles. The average Bonchev–Trinajstić information content (AvgIpc) is 3.01. The van der Waals surface area contributed by atoms with Gasteiger partial charge in [-0.1, -0.05) is 54.6 Å². The Kier molecular flexibility index (Phi) is 7.14. The van der Waals surface area contributed by atoms with Gasteiger partial charge in [0, 0.05) is 39.8 Å². The van der Waals surface area contributed by atoms with E-state index in [9.17, 15) is 4.79 Å². The van der Waals surface area contributed by atoms with Crippen LogP contribution in [0.3, 0.4) is 0 Å². The second-order valence-electron chi connectivity index (χ2n) is 8.77. The molecule has 1 unspecified atom stereocenters. The van der Waals surface area contributed by atoms with Crippen molar-refractivity contribution in [3.05, 3.63) is 71.4 Å². The zero-order chi connectivity index (χ0) is 23.4. The lowest BCUT2D eigenvalue weighted by molar-refractivity contribution is -0.134. The summed E-state index contributed by atoms with van der Waals surface area (Å²) in [6, 6.07) is 18.9. The molecule has 0 spiro atoms. The van der Waals surface area contributed by atoms with Crippen molar-refractivity contribution in [1.29, 1.82) is 0 Å². The highest BCUT2D eigenvalue weighted by Crippen LogP contribution is 2.28. The Morgan fingerprint density at radius 1 is 1.06 bits per heavy atom. The van der Waals surface area contributed by atoms with Gasteiger partial charge in [0.1, 0.15) is 0 Å². The number of carbonyl (C=O) groups is 1. The van der Waals surface area contributed by atoms with Crippen LogP contribution in [0.15, 0.2) is 54.6 Å².